The van der Waals surface area contributed by atoms with Crippen molar-refractivity contribution in [1.82, 2.24) is 4.90 Å². The van der Waals surface area contributed by atoms with Crippen LogP contribution in [0.25, 0.3) is 0 Å². The molecular weight excluding hydrogens is 493 g/mol. The molecule has 2 aromatic carbocycles. The van der Waals surface area contributed by atoms with E-state index in [0.717, 1.165) is 24.0 Å². The van der Waals surface area contributed by atoms with Gasteiger partial charge in [-0.15, -0.1) is 0 Å². The quantitative estimate of drug-likeness (QED) is 0.425. The molecule has 0 radical (unpaired) electrons. The predicted octanol–water partition coefficient (Wildman–Crippen LogP) is 3.77. The SMILES string of the molecule is CCCCOC1(c2ccccc2C)CN(C(=O)C(N)Cc2ccc(OC)cc2O)C1.O=C(O)C(F)(F)F. The number of carboxylic acids is 1. The number of rotatable bonds is 9. The van der Waals surface area contributed by atoms with Gasteiger partial charge in [-0.1, -0.05) is 43.7 Å². The summed E-state index contributed by atoms with van der Waals surface area (Å²) in [5.74, 6) is -2.24. The van der Waals surface area contributed by atoms with Crippen LogP contribution in [0, 0.1) is 6.92 Å². The molecule has 0 aliphatic carbocycles. The molecule has 0 aromatic heterocycles. The topological polar surface area (TPSA) is 122 Å². The molecule has 1 atom stereocenters. The van der Waals surface area contributed by atoms with Gasteiger partial charge >= 0.3 is 12.1 Å². The van der Waals surface area contributed by atoms with E-state index >= 15 is 0 Å². The zero-order valence-corrected chi connectivity index (χ0v) is 21.0. The van der Waals surface area contributed by atoms with Crippen molar-refractivity contribution >= 4 is 11.9 Å². The first-order valence-corrected chi connectivity index (χ1v) is 11.7. The Morgan fingerprint density at radius 2 is 1.81 bits per heavy atom. The van der Waals surface area contributed by atoms with Crippen molar-refractivity contribution in [3.05, 3.63) is 59.2 Å². The van der Waals surface area contributed by atoms with E-state index in [1.807, 2.05) is 12.1 Å². The first-order chi connectivity index (χ1) is 17.3. The van der Waals surface area contributed by atoms with Crippen LogP contribution >= 0.6 is 0 Å². The van der Waals surface area contributed by atoms with Crippen LogP contribution in [0.1, 0.15) is 36.5 Å². The lowest BCUT2D eigenvalue weighted by Crippen LogP contribution is -2.65. The third-order valence-corrected chi connectivity index (χ3v) is 6.01. The molecule has 3 rings (SSSR count). The van der Waals surface area contributed by atoms with Gasteiger partial charge in [0.15, 0.2) is 0 Å². The number of carbonyl (C=O) groups excluding carboxylic acids is 1. The summed E-state index contributed by atoms with van der Waals surface area (Å²) in [6, 6.07) is 12.5. The van der Waals surface area contributed by atoms with Crippen LogP contribution in [-0.4, -0.2) is 66.0 Å². The van der Waals surface area contributed by atoms with Crippen LogP contribution in [0.5, 0.6) is 11.5 Å². The van der Waals surface area contributed by atoms with E-state index in [9.17, 15) is 23.1 Å². The molecule has 1 fully saturated rings. The highest BCUT2D eigenvalue weighted by atomic mass is 19.4. The first kappa shape index (κ1) is 29.9. The van der Waals surface area contributed by atoms with Gasteiger partial charge in [-0.3, -0.25) is 4.79 Å². The number of halogens is 3. The van der Waals surface area contributed by atoms with Gasteiger partial charge in [0, 0.05) is 19.1 Å². The van der Waals surface area contributed by atoms with E-state index in [0.29, 0.717) is 31.0 Å². The molecule has 2 aromatic rings. The van der Waals surface area contributed by atoms with Gasteiger partial charge < -0.3 is 30.3 Å². The molecule has 1 aliphatic heterocycles. The van der Waals surface area contributed by atoms with E-state index in [4.69, 9.17) is 25.1 Å². The minimum Gasteiger partial charge on any atom is -0.508 e. The summed E-state index contributed by atoms with van der Waals surface area (Å²) < 4.78 is 43.1. The van der Waals surface area contributed by atoms with E-state index in [-0.39, 0.29) is 18.1 Å². The number of nitrogens with zero attached hydrogens (tertiary/aromatic N) is 1. The van der Waals surface area contributed by atoms with Crippen molar-refractivity contribution in [2.45, 2.75) is 50.9 Å². The smallest absolute Gasteiger partial charge is 0.490 e. The Morgan fingerprint density at radius 3 is 2.32 bits per heavy atom. The van der Waals surface area contributed by atoms with E-state index in [1.54, 1.807) is 17.0 Å². The molecule has 204 valence electrons. The van der Waals surface area contributed by atoms with Crippen molar-refractivity contribution in [2.75, 3.05) is 26.8 Å². The number of alkyl halides is 3. The number of hydrogen-bond donors (Lipinski definition) is 3. The van der Waals surface area contributed by atoms with Gasteiger partial charge in [-0.05, 0) is 36.1 Å². The minimum atomic E-state index is -5.08. The Balaban J connectivity index is 0.000000604. The average molecular weight is 527 g/mol. The summed E-state index contributed by atoms with van der Waals surface area (Å²) in [7, 11) is 1.54. The summed E-state index contributed by atoms with van der Waals surface area (Å²) in [5.41, 5.74) is 8.65. The monoisotopic (exact) mass is 526 g/mol. The van der Waals surface area contributed by atoms with E-state index in [2.05, 4.69) is 26.0 Å². The molecule has 1 saturated heterocycles. The summed E-state index contributed by atoms with van der Waals surface area (Å²) >= 11 is 0. The van der Waals surface area contributed by atoms with Gasteiger partial charge in [0.05, 0.1) is 26.2 Å². The Hall–Kier alpha value is -3.31. The van der Waals surface area contributed by atoms with Crippen LogP contribution in [0.15, 0.2) is 42.5 Å². The summed E-state index contributed by atoms with van der Waals surface area (Å²) in [6.07, 6.45) is -2.78. The molecule has 11 heteroatoms. The van der Waals surface area contributed by atoms with Gasteiger partial charge in [0.1, 0.15) is 17.1 Å². The van der Waals surface area contributed by atoms with Crippen molar-refractivity contribution in [3.8, 4) is 11.5 Å². The normalized spacial score (nSPS) is 15.2. The number of nitrogens with two attached hydrogens (primary N) is 1. The number of methoxy groups -OCH3 is 1. The van der Waals surface area contributed by atoms with Gasteiger partial charge in [0.2, 0.25) is 5.91 Å². The number of amides is 1. The highest BCUT2D eigenvalue weighted by Crippen LogP contribution is 2.38. The second kappa shape index (κ2) is 12.8. The molecule has 0 spiro atoms. The number of carboxylic acid groups (broad SMARTS) is 1. The number of benzene rings is 2. The largest absolute Gasteiger partial charge is 0.508 e. The fourth-order valence-electron chi connectivity index (χ4n) is 3.96. The van der Waals surface area contributed by atoms with Crippen LogP contribution in [0.4, 0.5) is 13.2 Å². The number of ether oxygens (including phenoxy) is 2. The van der Waals surface area contributed by atoms with Crippen LogP contribution in [-0.2, 0) is 26.3 Å². The summed E-state index contributed by atoms with van der Waals surface area (Å²) in [4.78, 5) is 23.6. The molecule has 1 heterocycles. The molecule has 0 saturated carbocycles. The Kier molecular flexibility index (Phi) is 10.3. The molecule has 1 aliphatic rings. The zero-order chi connectivity index (χ0) is 27.8. The molecule has 1 amide bonds. The fraction of sp³-hybridized carbons (Fsp3) is 0.462. The standard InChI is InChI=1S/C24H32N2O4.C2HF3O2/c1-4-5-12-30-24(20-9-7-6-8-17(20)2)15-26(16-24)23(28)21(25)13-18-10-11-19(29-3)14-22(18)27;3-2(4,5)1(6)7/h6-11,14,21,27H,4-5,12-13,15-16,25H2,1-3H3;(H,6,7). The number of aliphatic carboxylic acids is 1. The number of phenolic OH excluding ortho intramolecular Hbond substituents is 1. The second-order valence-electron chi connectivity index (χ2n) is 8.81. The lowest BCUT2D eigenvalue weighted by atomic mass is 9.82. The molecule has 4 N–H and O–H groups in total. The number of hydrogen-bond acceptors (Lipinski definition) is 6. The minimum absolute atomic E-state index is 0.0818. The average Bonchev–Trinajstić information content (AvgIpc) is 2.82. The second-order valence-corrected chi connectivity index (χ2v) is 8.81. The lowest BCUT2D eigenvalue weighted by Gasteiger charge is -2.51. The third-order valence-electron chi connectivity index (χ3n) is 6.01. The van der Waals surface area contributed by atoms with E-state index in [1.165, 1.54) is 13.2 Å². The lowest BCUT2D eigenvalue weighted by molar-refractivity contribution is -0.192. The van der Waals surface area contributed by atoms with Crippen molar-refractivity contribution in [2.24, 2.45) is 5.73 Å². The van der Waals surface area contributed by atoms with Crippen molar-refractivity contribution < 1.29 is 42.4 Å². The van der Waals surface area contributed by atoms with Crippen molar-refractivity contribution in [1.29, 1.82) is 0 Å². The fourth-order valence-corrected chi connectivity index (χ4v) is 3.96. The van der Waals surface area contributed by atoms with Crippen LogP contribution in [0.3, 0.4) is 0 Å². The number of aryl methyl sites for hydroxylation is 1. The van der Waals surface area contributed by atoms with Crippen LogP contribution < -0.4 is 10.5 Å². The molecule has 8 nitrogen and oxygen atoms in total. The van der Waals surface area contributed by atoms with Gasteiger partial charge in [-0.25, -0.2) is 4.79 Å². The van der Waals surface area contributed by atoms with Gasteiger partial charge in [-0.2, -0.15) is 13.2 Å². The molecular formula is C26H33F3N2O6. The Labute approximate surface area is 213 Å². The van der Waals surface area contributed by atoms with Crippen LogP contribution in [0.2, 0.25) is 0 Å². The zero-order valence-electron chi connectivity index (χ0n) is 21.0. The Bertz CT molecular complexity index is 1070. The maximum absolute atomic E-state index is 12.9. The number of carbonyl (C=O) groups is 2. The predicted molar refractivity (Wildman–Crippen MR) is 130 cm³/mol. The number of unbranched alkanes of at least 4 members (excludes halogenated alkanes) is 1. The molecule has 1 unspecified atom stereocenters. The highest BCUT2D eigenvalue weighted by molar-refractivity contribution is 5.83. The number of phenols is 1. The van der Waals surface area contributed by atoms with E-state index < -0.39 is 23.8 Å². The maximum atomic E-state index is 12.9. The Morgan fingerprint density at radius 1 is 1.19 bits per heavy atom. The highest BCUT2D eigenvalue weighted by Gasteiger charge is 2.49. The number of aromatic hydroxyl groups is 1. The maximum Gasteiger partial charge on any atom is 0.490 e. The molecule has 37 heavy (non-hydrogen) atoms. The third kappa shape index (κ3) is 7.83. The van der Waals surface area contributed by atoms with Gasteiger partial charge in [0.25, 0.3) is 0 Å². The molecule has 0 bridgehead atoms. The summed E-state index contributed by atoms with van der Waals surface area (Å²) in [6.45, 7) is 5.85. The number of likely N-dealkylation sites (tertiary alicyclic amines) is 1. The van der Waals surface area contributed by atoms with Crippen molar-refractivity contribution in [3.63, 3.8) is 0 Å². The summed E-state index contributed by atoms with van der Waals surface area (Å²) in [5, 5.41) is 17.3. The first-order valence-electron chi connectivity index (χ1n) is 11.7.